The lowest BCUT2D eigenvalue weighted by Gasteiger charge is -2.18. The van der Waals surface area contributed by atoms with E-state index in [0.717, 1.165) is 0 Å². The SMILES string of the molecule is CCN(CC(=O)OC)C(=O)c1ccoc1C. The van der Waals surface area contributed by atoms with Gasteiger partial charge in [0, 0.05) is 6.54 Å². The topological polar surface area (TPSA) is 59.8 Å². The molecule has 0 unspecified atom stereocenters. The second-order valence-corrected chi connectivity index (χ2v) is 3.29. The van der Waals surface area contributed by atoms with Crippen LogP contribution >= 0.6 is 0 Å². The summed E-state index contributed by atoms with van der Waals surface area (Å²) >= 11 is 0. The summed E-state index contributed by atoms with van der Waals surface area (Å²) < 4.78 is 9.57. The minimum absolute atomic E-state index is 0.0452. The Balaban J connectivity index is 2.78. The van der Waals surface area contributed by atoms with Crippen LogP contribution in [0.1, 0.15) is 23.0 Å². The predicted octanol–water partition coefficient (Wildman–Crippen LogP) is 1.22. The van der Waals surface area contributed by atoms with E-state index in [4.69, 9.17) is 4.42 Å². The summed E-state index contributed by atoms with van der Waals surface area (Å²) in [6.45, 7) is 3.91. The van der Waals surface area contributed by atoms with Gasteiger partial charge in [0.1, 0.15) is 12.3 Å². The van der Waals surface area contributed by atoms with Gasteiger partial charge < -0.3 is 14.1 Å². The number of esters is 1. The maximum atomic E-state index is 12.0. The highest BCUT2D eigenvalue weighted by Gasteiger charge is 2.20. The number of hydrogen-bond acceptors (Lipinski definition) is 4. The van der Waals surface area contributed by atoms with Crippen molar-refractivity contribution in [3.63, 3.8) is 0 Å². The number of carbonyl (C=O) groups is 2. The Morgan fingerprint density at radius 2 is 2.19 bits per heavy atom. The van der Waals surface area contributed by atoms with Crippen LogP contribution in [0.2, 0.25) is 0 Å². The highest BCUT2D eigenvalue weighted by atomic mass is 16.5. The van der Waals surface area contributed by atoms with Gasteiger partial charge in [-0.15, -0.1) is 0 Å². The molecule has 0 radical (unpaired) electrons. The van der Waals surface area contributed by atoms with Gasteiger partial charge in [-0.05, 0) is 19.9 Å². The number of methoxy groups -OCH3 is 1. The Bertz CT molecular complexity index is 383. The number of nitrogens with zero attached hydrogens (tertiary/aromatic N) is 1. The van der Waals surface area contributed by atoms with E-state index in [2.05, 4.69) is 4.74 Å². The summed E-state index contributed by atoms with van der Waals surface area (Å²) in [6.07, 6.45) is 1.45. The van der Waals surface area contributed by atoms with Crippen molar-refractivity contribution in [2.24, 2.45) is 0 Å². The van der Waals surface area contributed by atoms with Crippen molar-refractivity contribution in [2.75, 3.05) is 20.2 Å². The van der Waals surface area contributed by atoms with E-state index in [9.17, 15) is 9.59 Å². The third-order valence-electron chi connectivity index (χ3n) is 2.31. The van der Waals surface area contributed by atoms with Crippen LogP contribution in [0.3, 0.4) is 0 Å². The quantitative estimate of drug-likeness (QED) is 0.723. The van der Waals surface area contributed by atoms with Crippen molar-refractivity contribution in [1.82, 2.24) is 4.90 Å². The molecule has 5 nitrogen and oxygen atoms in total. The van der Waals surface area contributed by atoms with Crippen molar-refractivity contribution in [2.45, 2.75) is 13.8 Å². The molecule has 0 aromatic carbocycles. The van der Waals surface area contributed by atoms with Crippen LogP contribution in [-0.2, 0) is 9.53 Å². The molecule has 1 heterocycles. The molecule has 1 aromatic rings. The minimum Gasteiger partial charge on any atom is -0.469 e. The van der Waals surface area contributed by atoms with E-state index in [1.54, 1.807) is 19.9 Å². The molecule has 0 N–H and O–H groups in total. The number of carbonyl (C=O) groups excluding carboxylic acids is 2. The molecular weight excluding hydrogens is 210 g/mol. The summed E-state index contributed by atoms with van der Waals surface area (Å²) in [6, 6.07) is 1.59. The predicted molar refractivity (Wildman–Crippen MR) is 57.0 cm³/mol. The number of aryl methyl sites for hydroxylation is 1. The lowest BCUT2D eigenvalue weighted by molar-refractivity contribution is -0.141. The monoisotopic (exact) mass is 225 g/mol. The van der Waals surface area contributed by atoms with E-state index in [0.29, 0.717) is 17.9 Å². The first-order valence-electron chi connectivity index (χ1n) is 5.00. The summed E-state index contributed by atoms with van der Waals surface area (Å²) in [7, 11) is 1.30. The van der Waals surface area contributed by atoms with E-state index in [1.807, 2.05) is 0 Å². The average molecular weight is 225 g/mol. The average Bonchev–Trinajstić information content (AvgIpc) is 2.71. The number of hydrogen-bond donors (Lipinski definition) is 0. The molecule has 1 aromatic heterocycles. The molecule has 0 aliphatic carbocycles. The van der Waals surface area contributed by atoms with Crippen LogP contribution in [0.4, 0.5) is 0 Å². The summed E-state index contributed by atoms with van der Waals surface area (Å²) in [5, 5.41) is 0. The van der Waals surface area contributed by atoms with Crippen LogP contribution in [0.25, 0.3) is 0 Å². The van der Waals surface area contributed by atoms with Gasteiger partial charge in [0.05, 0.1) is 18.9 Å². The molecule has 88 valence electrons. The van der Waals surface area contributed by atoms with Crippen LogP contribution < -0.4 is 0 Å². The van der Waals surface area contributed by atoms with Crippen molar-refractivity contribution in [1.29, 1.82) is 0 Å². The van der Waals surface area contributed by atoms with Gasteiger partial charge in [-0.25, -0.2) is 0 Å². The van der Waals surface area contributed by atoms with Crippen molar-refractivity contribution < 1.29 is 18.7 Å². The molecule has 16 heavy (non-hydrogen) atoms. The fourth-order valence-corrected chi connectivity index (χ4v) is 1.32. The third-order valence-corrected chi connectivity index (χ3v) is 2.31. The van der Waals surface area contributed by atoms with E-state index in [1.165, 1.54) is 18.3 Å². The Labute approximate surface area is 94.0 Å². The normalized spacial score (nSPS) is 9.94. The Kier molecular flexibility index (Phi) is 4.10. The lowest BCUT2D eigenvalue weighted by Crippen LogP contribution is -2.36. The van der Waals surface area contributed by atoms with Crippen LogP contribution in [-0.4, -0.2) is 37.0 Å². The number of ether oxygens (including phenoxy) is 1. The molecule has 0 saturated heterocycles. The maximum Gasteiger partial charge on any atom is 0.325 e. The number of rotatable bonds is 4. The second-order valence-electron chi connectivity index (χ2n) is 3.29. The van der Waals surface area contributed by atoms with Gasteiger partial charge >= 0.3 is 5.97 Å². The Morgan fingerprint density at radius 1 is 1.50 bits per heavy atom. The van der Waals surface area contributed by atoms with Crippen molar-refractivity contribution >= 4 is 11.9 Å². The first kappa shape index (κ1) is 12.3. The Morgan fingerprint density at radius 3 is 2.62 bits per heavy atom. The van der Waals surface area contributed by atoms with Crippen LogP contribution in [0, 0.1) is 6.92 Å². The smallest absolute Gasteiger partial charge is 0.325 e. The minimum atomic E-state index is -0.434. The van der Waals surface area contributed by atoms with E-state index < -0.39 is 5.97 Å². The Hall–Kier alpha value is -1.78. The summed E-state index contributed by atoms with van der Waals surface area (Å²) in [4.78, 5) is 24.5. The molecule has 0 aliphatic rings. The van der Waals surface area contributed by atoms with Crippen LogP contribution in [0.5, 0.6) is 0 Å². The zero-order chi connectivity index (χ0) is 12.1. The largest absolute Gasteiger partial charge is 0.469 e. The highest BCUT2D eigenvalue weighted by Crippen LogP contribution is 2.11. The molecule has 0 bridgehead atoms. The van der Waals surface area contributed by atoms with Gasteiger partial charge in [0.15, 0.2) is 0 Å². The molecule has 0 atom stereocenters. The van der Waals surface area contributed by atoms with Gasteiger partial charge in [-0.3, -0.25) is 9.59 Å². The van der Waals surface area contributed by atoms with Gasteiger partial charge in [-0.1, -0.05) is 0 Å². The number of furan rings is 1. The fourth-order valence-electron chi connectivity index (χ4n) is 1.32. The molecular formula is C11H15NO4. The molecule has 0 spiro atoms. The van der Waals surface area contributed by atoms with Gasteiger partial charge in [-0.2, -0.15) is 0 Å². The fraction of sp³-hybridized carbons (Fsp3) is 0.455. The third kappa shape index (κ3) is 2.62. The highest BCUT2D eigenvalue weighted by molar-refractivity contribution is 5.96. The van der Waals surface area contributed by atoms with E-state index in [-0.39, 0.29) is 12.5 Å². The lowest BCUT2D eigenvalue weighted by atomic mass is 10.2. The molecule has 1 amide bonds. The second kappa shape index (κ2) is 5.34. The zero-order valence-corrected chi connectivity index (χ0v) is 9.65. The van der Waals surface area contributed by atoms with Gasteiger partial charge in [0.25, 0.3) is 5.91 Å². The molecule has 5 heteroatoms. The molecule has 0 saturated carbocycles. The number of amides is 1. The molecule has 0 aliphatic heterocycles. The van der Waals surface area contributed by atoms with Crippen molar-refractivity contribution in [3.8, 4) is 0 Å². The van der Waals surface area contributed by atoms with Crippen molar-refractivity contribution in [3.05, 3.63) is 23.7 Å². The van der Waals surface area contributed by atoms with Gasteiger partial charge in [0.2, 0.25) is 0 Å². The zero-order valence-electron chi connectivity index (χ0n) is 9.65. The van der Waals surface area contributed by atoms with E-state index >= 15 is 0 Å². The first-order valence-corrected chi connectivity index (χ1v) is 5.00. The number of likely N-dealkylation sites (N-methyl/N-ethyl adjacent to an activating group) is 1. The first-order chi connectivity index (χ1) is 7.60. The summed E-state index contributed by atoms with van der Waals surface area (Å²) in [5.41, 5.74) is 0.478. The molecule has 0 fully saturated rings. The standard InChI is InChI=1S/C11H15NO4/c1-4-12(7-10(13)15-3)11(14)9-5-6-16-8(9)2/h5-6H,4,7H2,1-3H3. The summed E-state index contributed by atoms with van der Waals surface area (Å²) in [5.74, 6) is -0.108. The maximum absolute atomic E-state index is 12.0. The molecule has 1 rings (SSSR count). The van der Waals surface area contributed by atoms with Crippen LogP contribution in [0.15, 0.2) is 16.7 Å².